The molecule has 112 valence electrons. The Balaban J connectivity index is 1.73. The maximum absolute atomic E-state index is 3.89. The van der Waals surface area contributed by atoms with Crippen LogP contribution in [0.15, 0.2) is 0 Å². The van der Waals surface area contributed by atoms with Crippen molar-refractivity contribution < 1.29 is 0 Å². The topological polar surface area (TPSA) is 12.0 Å². The highest BCUT2D eigenvalue weighted by Crippen LogP contribution is 2.48. The fraction of sp³-hybridized carbons (Fsp3) is 1.00. The number of nitrogens with one attached hydrogen (secondary N) is 1. The minimum absolute atomic E-state index is 0.785. The first-order chi connectivity index (χ1) is 9.02. The molecule has 0 saturated heterocycles. The van der Waals surface area contributed by atoms with Crippen LogP contribution >= 0.6 is 0 Å². The van der Waals surface area contributed by atoms with E-state index in [0.717, 1.165) is 29.2 Å². The zero-order valence-electron chi connectivity index (χ0n) is 13.7. The zero-order valence-corrected chi connectivity index (χ0v) is 13.7. The molecule has 0 aromatic carbocycles. The minimum Gasteiger partial charge on any atom is -0.314 e. The van der Waals surface area contributed by atoms with Gasteiger partial charge in [0.25, 0.3) is 0 Å². The third-order valence-corrected chi connectivity index (χ3v) is 6.07. The molecule has 2 fully saturated rings. The SMILES string of the molecule is CC(C)C(CNC1CCC2(CCCC2)CC1)C(C)C. The van der Waals surface area contributed by atoms with Gasteiger partial charge in [0.2, 0.25) is 0 Å². The van der Waals surface area contributed by atoms with Gasteiger partial charge in [0, 0.05) is 6.04 Å². The van der Waals surface area contributed by atoms with Crippen molar-refractivity contribution in [1.29, 1.82) is 0 Å². The molecular weight excluding hydrogens is 230 g/mol. The van der Waals surface area contributed by atoms with Crippen LogP contribution < -0.4 is 5.32 Å². The van der Waals surface area contributed by atoms with Gasteiger partial charge in [-0.15, -0.1) is 0 Å². The van der Waals surface area contributed by atoms with Gasteiger partial charge in [-0.05, 0) is 68.2 Å². The fourth-order valence-electron chi connectivity index (χ4n) is 4.60. The molecule has 2 aliphatic rings. The maximum Gasteiger partial charge on any atom is 0.00675 e. The summed E-state index contributed by atoms with van der Waals surface area (Å²) in [5.41, 5.74) is 0.785. The van der Waals surface area contributed by atoms with Crippen molar-refractivity contribution in [2.24, 2.45) is 23.2 Å². The van der Waals surface area contributed by atoms with Crippen LogP contribution in [-0.2, 0) is 0 Å². The van der Waals surface area contributed by atoms with E-state index in [1.165, 1.54) is 57.9 Å². The van der Waals surface area contributed by atoms with Gasteiger partial charge in [-0.2, -0.15) is 0 Å². The minimum atomic E-state index is 0.785. The molecule has 19 heavy (non-hydrogen) atoms. The Kier molecular flexibility index (Phi) is 5.34. The molecule has 0 aromatic heterocycles. The second kappa shape index (κ2) is 6.61. The predicted octanol–water partition coefficient (Wildman–Crippen LogP) is 5.01. The van der Waals surface area contributed by atoms with Crippen molar-refractivity contribution >= 4 is 0 Å². The molecule has 0 aromatic rings. The number of hydrogen-bond donors (Lipinski definition) is 1. The van der Waals surface area contributed by atoms with Crippen LogP contribution in [0.3, 0.4) is 0 Å². The molecule has 0 radical (unpaired) electrons. The average Bonchev–Trinajstić information content (AvgIpc) is 2.80. The average molecular weight is 265 g/mol. The van der Waals surface area contributed by atoms with Crippen molar-refractivity contribution in [3.05, 3.63) is 0 Å². The van der Waals surface area contributed by atoms with Crippen molar-refractivity contribution in [1.82, 2.24) is 5.32 Å². The highest BCUT2D eigenvalue weighted by molar-refractivity contribution is 4.91. The Morgan fingerprint density at radius 3 is 1.89 bits per heavy atom. The van der Waals surface area contributed by atoms with E-state index in [1.807, 2.05) is 0 Å². The van der Waals surface area contributed by atoms with Crippen LogP contribution in [0.2, 0.25) is 0 Å². The molecular formula is C18H35N. The molecule has 1 spiro atoms. The molecule has 0 unspecified atom stereocenters. The van der Waals surface area contributed by atoms with Crippen molar-refractivity contribution in [2.45, 2.75) is 85.1 Å². The van der Waals surface area contributed by atoms with Gasteiger partial charge in [-0.1, -0.05) is 40.5 Å². The standard InChI is InChI=1S/C18H35N/c1-14(2)17(15(3)4)13-19-16-7-11-18(12-8-16)9-5-6-10-18/h14-17,19H,5-13H2,1-4H3. The summed E-state index contributed by atoms with van der Waals surface area (Å²) in [6, 6.07) is 0.811. The Bertz CT molecular complexity index is 245. The van der Waals surface area contributed by atoms with Gasteiger partial charge >= 0.3 is 0 Å². The molecule has 0 bridgehead atoms. The van der Waals surface area contributed by atoms with Crippen molar-refractivity contribution in [3.8, 4) is 0 Å². The predicted molar refractivity (Wildman–Crippen MR) is 84.3 cm³/mol. The highest BCUT2D eigenvalue weighted by atomic mass is 14.9. The van der Waals surface area contributed by atoms with Crippen LogP contribution in [0.5, 0.6) is 0 Å². The summed E-state index contributed by atoms with van der Waals surface area (Å²) in [7, 11) is 0. The van der Waals surface area contributed by atoms with Crippen LogP contribution in [0.4, 0.5) is 0 Å². The van der Waals surface area contributed by atoms with E-state index in [4.69, 9.17) is 0 Å². The molecule has 1 N–H and O–H groups in total. The molecule has 0 atom stereocenters. The van der Waals surface area contributed by atoms with Gasteiger partial charge in [0.15, 0.2) is 0 Å². The first kappa shape index (κ1) is 15.4. The van der Waals surface area contributed by atoms with Crippen LogP contribution in [0.25, 0.3) is 0 Å². The maximum atomic E-state index is 3.89. The van der Waals surface area contributed by atoms with Crippen LogP contribution in [-0.4, -0.2) is 12.6 Å². The summed E-state index contributed by atoms with van der Waals surface area (Å²) in [6.07, 6.45) is 11.9. The van der Waals surface area contributed by atoms with E-state index in [9.17, 15) is 0 Å². The third-order valence-electron chi connectivity index (χ3n) is 6.07. The lowest BCUT2D eigenvalue weighted by Gasteiger charge is -2.38. The quantitative estimate of drug-likeness (QED) is 0.737. The fourth-order valence-corrected chi connectivity index (χ4v) is 4.60. The van der Waals surface area contributed by atoms with E-state index >= 15 is 0 Å². The molecule has 2 aliphatic carbocycles. The normalized spacial score (nSPS) is 24.2. The van der Waals surface area contributed by atoms with Crippen molar-refractivity contribution in [3.63, 3.8) is 0 Å². The second-order valence-electron chi connectivity index (χ2n) is 8.04. The second-order valence-corrected chi connectivity index (χ2v) is 8.04. The molecule has 0 aliphatic heterocycles. The Hall–Kier alpha value is -0.0400. The van der Waals surface area contributed by atoms with Gasteiger partial charge in [-0.25, -0.2) is 0 Å². The molecule has 2 saturated carbocycles. The first-order valence-electron chi connectivity index (χ1n) is 8.76. The molecule has 1 nitrogen and oxygen atoms in total. The monoisotopic (exact) mass is 265 g/mol. The Morgan fingerprint density at radius 2 is 1.42 bits per heavy atom. The Labute approximate surface area is 120 Å². The molecule has 0 heterocycles. The van der Waals surface area contributed by atoms with Gasteiger partial charge < -0.3 is 5.32 Å². The summed E-state index contributed by atoms with van der Waals surface area (Å²) in [5.74, 6) is 2.44. The van der Waals surface area contributed by atoms with Crippen LogP contribution in [0, 0.1) is 23.2 Å². The molecule has 1 heteroatoms. The van der Waals surface area contributed by atoms with E-state index in [2.05, 4.69) is 33.0 Å². The zero-order chi connectivity index (χ0) is 13.9. The summed E-state index contributed by atoms with van der Waals surface area (Å²) in [6.45, 7) is 10.7. The Morgan fingerprint density at radius 1 is 0.895 bits per heavy atom. The number of hydrogen-bond acceptors (Lipinski definition) is 1. The van der Waals surface area contributed by atoms with E-state index in [1.54, 1.807) is 0 Å². The van der Waals surface area contributed by atoms with E-state index in [0.29, 0.717) is 0 Å². The lowest BCUT2D eigenvalue weighted by atomic mass is 9.71. The summed E-state index contributed by atoms with van der Waals surface area (Å²) >= 11 is 0. The number of rotatable bonds is 5. The highest BCUT2D eigenvalue weighted by Gasteiger charge is 2.37. The molecule has 2 rings (SSSR count). The lowest BCUT2D eigenvalue weighted by molar-refractivity contribution is 0.159. The van der Waals surface area contributed by atoms with E-state index < -0.39 is 0 Å². The van der Waals surface area contributed by atoms with Gasteiger partial charge in [-0.3, -0.25) is 0 Å². The largest absolute Gasteiger partial charge is 0.314 e. The van der Waals surface area contributed by atoms with Crippen LogP contribution in [0.1, 0.15) is 79.1 Å². The third kappa shape index (κ3) is 3.97. The first-order valence-corrected chi connectivity index (χ1v) is 8.76. The summed E-state index contributed by atoms with van der Waals surface area (Å²) in [5, 5.41) is 3.89. The lowest BCUT2D eigenvalue weighted by Crippen LogP contribution is -2.40. The van der Waals surface area contributed by atoms with E-state index in [-0.39, 0.29) is 0 Å². The van der Waals surface area contributed by atoms with Gasteiger partial charge in [0.05, 0.1) is 0 Å². The van der Waals surface area contributed by atoms with Crippen molar-refractivity contribution in [2.75, 3.05) is 6.54 Å². The summed E-state index contributed by atoms with van der Waals surface area (Å²) in [4.78, 5) is 0. The molecule has 0 amide bonds. The smallest absolute Gasteiger partial charge is 0.00675 e. The summed E-state index contributed by atoms with van der Waals surface area (Å²) < 4.78 is 0. The van der Waals surface area contributed by atoms with Gasteiger partial charge in [0.1, 0.15) is 0 Å².